The molecule has 0 aliphatic heterocycles. The van der Waals surface area contributed by atoms with Gasteiger partial charge in [0.05, 0.1) is 6.61 Å². The highest BCUT2D eigenvalue weighted by Crippen LogP contribution is 2.70. The monoisotopic (exact) mass is 828 g/mol. The first-order valence-electron chi connectivity index (χ1n) is 10.9. The number of alkyl halides is 31. The van der Waals surface area contributed by atoms with Crippen LogP contribution in [-0.2, 0) is 4.74 Å². The average Bonchev–Trinajstić information content (AvgIpc) is 2.88. The normalized spacial score (nSPS) is 17.0. The molecule has 0 aromatic rings. The van der Waals surface area contributed by atoms with Crippen LogP contribution in [0.1, 0.15) is 6.42 Å². The summed E-state index contributed by atoms with van der Waals surface area (Å²) in [6.45, 7) is -1.98. The van der Waals surface area contributed by atoms with Crippen LogP contribution >= 0.6 is 0 Å². The van der Waals surface area contributed by atoms with Crippen LogP contribution in [0.4, 0.5) is 136 Å². The lowest BCUT2D eigenvalue weighted by molar-refractivity contribution is -0.490. The standard InChI is InChI=1S/C18H7F31O/c1-50-3-2-4(19,20)6(22,23)8(26,27)10(30,31)12(34,35)14(38,39)16(42,43)15(40,41)13(36,37)11(32,33)9(28,29)7(24,25)5(21,17(44,45)46)18(47,48)49/h2-3H2,1H3. The first kappa shape index (κ1) is 47.8. The molecule has 0 saturated carbocycles. The maximum Gasteiger partial charge on any atom is 0.438 e. The summed E-state index contributed by atoms with van der Waals surface area (Å²) in [6, 6.07) is 0. The van der Waals surface area contributed by atoms with E-state index in [4.69, 9.17) is 0 Å². The second-order valence-electron chi connectivity index (χ2n) is 9.42. The molecule has 0 spiro atoms. The lowest BCUT2D eigenvalue weighted by atomic mass is 9.81. The molecule has 0 fully saturated rings. The molecule has 1 nitrogen and oxygen atoms in total. The zero-order valence-electron chi connectivity index (χ0n) is 22.0. The van der Waals surface area contributed by atoms with Gasteiger partial charge >= 0.3 is 89.1 Å². The molecule has 0 aromatic heterocycles. The van der Waals surface area contributed by atoms with E-state index in [1.54, 1.807) is 0 Å². The zero-order valence-corrected chi connectivity index (χ0v) is 22.0. The Morgan fingerprint density at radius 3 is 0.640 bits per heavy atom. The van der Waals surface area contributed by atoms with Crippen LogP contribution in [-0.4, -0.2) is 103 Å². The maximum absolute atomic E-state index is 13.8. The van der Waals surface area contributed by atoms with Crippen molar-refractivity contribution in [1.82, 2.24) is 0 Å². The van der Waals surface area contributed by atoms with Gasteiger partial charge in [0.1, 0.15) is 0 Å². The minimum Gasteiger partial charge on any atom is -0.384 e. The number of halogens is 31. The van der Waals surface area contributed by atoms with Gasteiger partial charge in [-0.1, -0.05) is 0 Å². The lowest BCUT2D eigenvalue weighted by Crippen LogP contribution is -2.80. The first-order valence-corrected chi connectivity index (χ1v) is 10.9. The van der Waals surface area contributed by atoms with Crippen molar-refractivity contribution in [2.24, 2.45) is 0 Å². The van der Waals surface area contributed by atoms with E-state index in [0.717, 1.165) is 0 Å². The highest BCUT2D eigenvalue weighted by molar-refractivity contribution is 5.22. The van der Waals surface area contributed by atoms with Gasteiger partial charge in [0.2, 0.25) is 0 Å². The van der Waals surface area contributed by atoms with E-state index in [-0.39, 0.29) is 7.11 Å². The average molecular weight is 828 g/mol. The van der Waals surface area contributed by atoms with Crippen molar-refractivity contribution in [2.45, 2.75) is 95.5 Å². The molecule has 0 heterocycles. The van der Waals surface area contributed by atoms with Crippen molar-refractivity contribution in [1.29, 1.82) is 0 Å². The fourth-order valence-corrected chi connectivity index (χ4v) is 3.12. The Kier molecular flexibility index (Phi) is 11.4. The Labute approximate surface area is 251 Å². The van der Waals surface area contributed by atoms with Gasteiger partial charge in [0.15, 0.2) is 0 Å². The number of ether oxygens (including phenoxy) is 1. The van der Waals surface area contributed by atoms with Gasteiger partial charge in [0, 0.05) is 13.5 Å². The second-order valence-corrected chi connectivity index (χ2v) is 9.42. The van der Waals surface area contributed by atoms with Crippen LogP contribution in [0.3, 0.4) is 0 Å². The SMILES string of the molecule is COCCC(F)(F)C(F)(F)C(F)(F)C(F)(F)C(F)(F)C(F)(F)C(F)(F)C(F)(F)C(F)(F)C(F)(F)C(F)(F)C(F)(F)C(F)(C(F)(F)F)C(F)(F)F. The number of methoxy groups -OCH3 is 1. The summed E-state index contributed by atoms with van der Waals surface area (Å²) in [5, 5.41) is 0. The summed E-state index contributed by atoms with van der Waals surface area (Å²) >= 11 is 0. The predicted octanol–water partition coefficient (Wildman–Crippen LogP) is 10.5. The van der Waals surface area contributed by atoms with Crippen molar-refractivity contribution < 1.29 is 141 Å². The van der Waals surface area contributed by atoms with Gasteiger partial charge in [-0.05, 0) is 0 Å². The second kappa shape index (κ2) is 11.9. The molecule has 0 N–H and O–H groups in total. The van der Waals surface area contributed by atoms with Crippen LogP contribution in [0.5, 0.6) is 0 Å². The Hall–Kier alpha value is -2.21. The summed E-state index contributed by atoms with van der Waals surface area (Å²) in [4.78, 5) is 0. The molecule has 0 atom stereocenters. The van der Waals surface area contributed by atoms with Gasteiger partial charge in [-0.2, -0.15) is 132 Å². The van der Waals surface area contributed by atoms with Gasteiger partial charge in [0.25, 0.3) is 0 Å². The quantitative estimate of drug-likeness (QED) is 0.150. The smallest absolute Gasteiger partial charge is 0.384 e. The van der Waals surface area contributed by atoms with Crippen LogP contribution in [0.25, 0.3) is 0 Å². The van der Waals surface area contributed by atoms with Gasteiger partial charge in [-0.15, -0.1) is 0 Å². The fourth-order valence-electron chi connectivity index (χ4n) is 3.12. The molecule has 0 saturated heterocycles. The number of hydrogen-bond acceptors (Lipinski definition) is 1. The third-order valence-electron chi connectivity index (χ3n) is 6.24. The first-order chi connectivity index (χ1) is 21.1. The Balaban J connectivity index is 7.69. The van der Waals surface area contributed by atoms with E-state index in [1.165, 1.54) is 0 Å². The minimum absolute atomic E-state index is 0.231. The predicted molar refractivity (Wildman–Crippen MR) is 91.8 cm³/mol. The molecule has 0 aliphatic rings. The van der Waals surface area contributed by atoms with Crippen LogP contribution in [0.15, 0.2) is 0 Å². The summed E-state index contributed by atoms with van der Waals surface area (Å²) < 4.78 is 420. The molecular weight excluding hydrogens is 821 g/mol. The van der Waals surface area contributed by atoms with Crippen LogP contribution in [0.2, 0.25) is 0 Å². The molecule has 0 bridgehead atoms. The van der Waals surface area contributed by atoms with Crippen molar-refractivity contribution >= 4 is 0 Å². The topological polar surface area (TPSA) is 9.23 Å². The van der Waals surface area contributed by atoms with Gasteiger partial charge in [-0.3, -0.25) is 0 Å². The van der Waals surface area contributed by atoms with Crippen molar-refractivity contribution in [3.63, 3.8) is 0 Å². The van der Waals surface area contributed by atoms with E-state index < -0.39 is 102 Å². The van der Waals surface area contributed by atoms with Crippen LogP contribution < -0.4 is 0 Å². The summed E-state index contributed by atoms with van der Waals surface area (Å²) in [7, 11) is 0.231. The Bertz CT molecular complexity index is 1190. The highest BCUT2D eigenvalue weighted by atomic mass is 19.4. The molecule has 0 aromatic carbocycles. The van der Waals surface area contributed by atoms with E-state index in [2.05, 4.69) is 4.74 Å². The molecule has 0 unspecified atom stereocenters. The Morgan fingerprint density at radius 2 is 0.460 bits per heavy atom. The van der Waals surface area contributed by atoms with Gasteiger partial charge in [-0.25, -0.2) is 4.39 Å². The Morgan fingerprint density at radius 1 is 0.280 bits per heavy atom. The van der Waals surface area contributed by atoms with Crippen molar-refractivity contribution in [3.8, 4) is 0 Å². The molecule has 50 heavy (non-hydrogen) atoms. The van der Waals surface area contributed by atoms with E-state index in [0.29, 0.717) is 0 Å². The van der Waals surface area contributed by atoms with Crippen LogP contribution in [0, 0.1) is 0 Å². The largest absolute Gasteiger partial charge is 0.438 e. The fraction of sp³-hybridized carbons (Fsp3) is 1.00. The minimum atomic E-state index is -10.1. The van der Waals surface area contributed by atoms with E-state index in [9.17, 15) is 136 Å². The molecule has 0 rings (SSSR count). The molecule has 0 radical (unpaired) electrons. The van der Waals surface area contributed by atoms with E-state index in [1.807, 2.05) is 0 Å². The molecule has 0 amide bonds. The lowest BCUT2D eigenvalue weighted by Gasteiger charge is -2.47. The molecule has 302 valence electrons. The molecular formula is C18H7F31O. The molecule has 0 aliphatic carbocycles. The molecule has 32 heteroatoms. The maximum atomic E-state index is 13.8. The summed E-state index contributed by atoms with van der Waals surface area (Å²) in [6.07, 6.45) is -20.6. The van der Waals surface area contributed by atoms with Crippen molar-refractivity contribution in [2.75, 3.05) is 13.7 Å². The zero-order chi connectivity index (χ0) is 41.6. The van der Waals surface area contributed by atoms with E-state index >= 15 is 0 Å². The number of rotatable bonds is 15. The summed E-state index contributed by atoms with van der Waals surface area (Å²) in [5.41, 5.74) is -9.35. The third kappa shape index (κ3) is 5.54. The number of hydrogen-bond donors (Lipinski definition) is 0. The summed E-state index contributed by atoms with van der Waals surface area (Å²) in [5.74, 6) is -113. The van der Waals surface area contributed by atoms with Gasteiger partial charge < -0.3 is 4.74 Å². The third-order valence-corrected chi connectivity index (χ3v) is 6.24. The highest BCUT2D eigenvalue weighted by Gasteiger charge is 3.02. The van der Waals surface area contributed by atoms with Crippen molar-refractivity contribution in [3.05, 3.63) is 0 Å².